The Balaban J connectivity index is 2.31. The molecule has 7 heteroatoms. The molecule has 0 unspecified atom stereocenters. The number of anilines is 2. The van der Waals surface area contributed by atoms with Crippen LogP contribution >= 0.6 is 11.6 Å². The lowest BCUT2D eigenvalue weighted by Crippen LogP contribution is -2.45. The summed E-state index contributed by atoms with van der Waals surface area (Å²) >= 11 is 5.92. The van der Waals surface area contributed by atoms with Gasteiger partial charge in [0, 0.05) is 10.7 Å². The van der Waals surface area contributed by atoms with Crippen LogP contribution in [-0.4, -0.2) is 26.6 Å². The van der Waals surface area contributed by atoms with E-state index < -0.39 is 22.0 Å². The maximum absolute atomic E-state index is 12.6. The number of nitrogens with one attached hydrogen (secondary N) is 1. The predicted octanol–water partition coefficient (Wildman–Crippen LogP) is 3.75. The number of nitrogens with zero attached hydrogens (tertiary/aromatic N) is 1. The lowest BCUT2D eigenvalue weighted by Gasteiger charge is -2.28. The fraction of sp³-hybridized carbons (Fsp3) is 0.278. The van der Waals surface area contributed by atoms with Crippen molar-refractivity contribution in [1.29, 1.82) is 0 Å². The highest BCUT2D eigenvalue weighted by atomic mass is 35.5. The minimum atomic E-state index is -3.63. The van der Waals surface area contributed by atoms with Crippen molar-refractivity contribution in [2.24, 2.45) is 0 Å². The maximum Gasteiger partial charge on any atom is 0.248 e. The molecule has 0 fully saturated rings. The van der Waals surface area contributed by atoms with Crippen LogP contribution in [0.15, 0.2) is 42.5 Å². The quantitative estimate of drug-likeness (QED) is 0.858. The van der Waals surface area contributed by atoms with Gasteiger partial charge in [-0.3, -0.25) is 9.10 Å². The van der Waals surface area contributed by atoms with Crippen molar-refractivity contribution < 1.29 is 13.2 Å². The van der Waals surface area contributed by atoms with Crippen molar-refractivity contribution in [3.63, 3.8) is 0 Å². The molecule has 2 aromatic rings. The summed E-state index contributed by atoms with van der Waals surface area (Å²) in [6, 6.07) is 11.2. The molecule has 1 atom stereocenters. The van der Waals surface area contributed by atoms with Crippen LogP contribution in [0.5, 0.6) is 0 Å². The number of carbonyl (C=O) groups excluding carboxylic acids is 1. The average molecular weight is 381 g/mol. The molecule has 0 aliphatic rings. The lowest BCUT2D eigenvalue weighted by molar-refractivity contribution is -0.116. The van der Waals surface area contributed by atoms with Crippen LogP contribution in [0.25, 0.3) is 0 Å². The zero-order chi connectivity index (χ0) is 18.8. The van der Waals surface area contributed by atoms with E-state index in [4.69, 9.17) is 11.6 Å². The van der Waals surface area contributed by atoms with Gasteiger partial charge in [-0.1, -0.05) is 29.3 Å². The monoisotopic (exact) mass is 380 g/mol. The van der Waals surface area contributed by atoms with Crippen LogP contribution < -0.4 is 9.62 Å². The Kier molecular flexibility index (Phi) is 5.75. The number of aryl methyl sites for hydroxylation is 2. The molecule has 5 nitrogen and oxygen atoms in total. The highest BCUT2D eigenvalue weighted by Crippen LogP contribution is 2.24. The summed E-state index contributed by atoms with van der Waals surface area (Å²) in [4.78, 5) is 12.6. The molecular weight excluding hydrogens is 360 g/mol. The van der Waals surface area contributed by atoms with E-state index in [2.05, 4.69) is 5.32 Å². The van der Waals surface area contributed by atoms with E-state index in [0.29, 0.717) is 16.4 Å². The van der Waals surface area contributed by atoms with Crippen LogP contribution in [-0.2, 0) is 14.8 Å². The second-order valence-electron chi connectivity index (χ2n) is 6.02. The SMILES string of the molecule is Cc1ccc(N([C@@H](C)C(=O)Nc2ccc(Cl)cc2C)S(C)(=O)=O)cc1. The first-order valence-electron chi connectivity index (χ1n) is 7.72. The third-order valence-corrected chi connectivity index (χ3v) is 5.30. The van der Waals surface area contributed by atoms with Crippen LogP contribution in [0, 0.1) is 13.8 Å². The van der Waals surface area contributed by atoms with Gasteiger partial charge in [-0.25, -0.2) is 8.42 Å². The molecular formula is C18H21ClN2O3S. The number of halogens is 1. The zero-order valence-electron chi connectivity index (χ0n) is 14.6. The zero-order valence-corrected chi connectivity index (χ0v) is 16.1. The van der Waals surface area contributed by atoms with E-state index in [1.54, 1.807) is 37.3 Å². The van der Waals surface area contributed by atoms with Gasteiger partial charge in [0.15, 0.2) is 0 Å². The molecule has 2 rings (SSSR count). The summed E-state index contributed by atoms with van der Waals surface area (Å²) in [7, 11) is -3.63. The van der Waals surface area contributed by atoms with Gasteiger partial charge in [-0.05, 0) is 56.7 Å². The summed E-state index contributed by atoms with van der Waals surface area (Å²) in [5.41, 5.74) is 2.85. The smallest absolute Gasteiger partial charge is 0.248 e. The fourth-order valence-corrected chi connectivity index (χ4v) is 3.91. The normalized spacial score (nSPS) is 12.5. The van der Waals surface area contributed by atoms with Crippen molar-refractivity contribution >= 4 is 38.9 Å². The molecule has 0 aliphatic carbocycles. The van der Waals surface area contributed by atoms with Gasteiger partial charge >= 0.3 is 0 Å². The number of rotatable bonds is 5. The first-order valence-corrected chi connectivity index (χ1v) is 9.95. The molecule has 0 heterocycles. The summed E-state index contributed by atoms with van der Waals surface area (Å²) < 4.78 is 25.6. The first kappa shape index (κ1) is 19.3. The number of hydrogen-bond acceptors (Lipinski definition) is 3. The molecule has 0 aromatic heterocycles. The predicted molar refractivity (Wildman–Crippen MR) is 103 cm³/mol. The van der Waals surface area contributed by atoms with Crippen molar-refractivity contribution in [3.8, 4) is 0 Å². The van der Waals surface area contributed by atoms with Gasteiger partial charge < -0.3 is 5.32 Å². The van der Waals surface area contributed by atoms with E-state index >= 15 is 0 Å². The average Bonchev–Trinajstić information content (AvgIpc) is 2.50. The Bertz CT molecular complexity index is 880. The van der Waals surface area contributed by atoms with Gasteiger partial charge in [0.2, 0.25) is 15.9 Å². The summed E-state index contributed by atoms with van der Waals surface area (Å²) in [5, 5.41) is 3.34. The van der Waals surface area contributed by atoms with Crippen LogP contribution in [0.3, 0.4) is 0 Å². The summed E-state index contributed by atoms with van der Waals surface area (Å²) in [6.45, 7) is 5.29. The highest BCUT2D eigenvalue weighted by Gasteiger charge is 2.29. The molecule has 0 saturated carbocycles. The van der Waals surface area contributed by atoms with E-state index in [9.17, 15) is 13.2 Å². The van der Waals surface area contributed by atoms with Crippen LogP contribution in [0.1, 0.15) is 18.1 Å². The second-order valence-corrected chi connectivity index (χ2v) is 8.31. The Morgan fingerprint density at radius 2 is 1.72 bits per heavy atom. The van der Waals surface area contributed by atoms with Crippen LogP contribution in [0.4, 0.5) is 11.4 Å². The van der Waals surface area contributed by atoms with E-state index in [1.807, 2.05) is 26.0 Å². The van der Waals surface area contributed by atoms with Crippen molar-refractivity contribution in [1.82, 2.24) is 0 Å². The van der Waals surface area contributed by atoms with E-state index in [1.165, 1.54) is 0 Å². The fourth-order valence-electron chi connectivity index (χ4n) is 2.50. The third kappa shape index (κ3) is 4.74. The first-order chi connectivity index (χ1) is 11.6. The molecule has 0 radical (unpaired) electrons. The highest BCUT2D eigenvalue weighted by molar-refractivity contribution is 7.92. The van der Waals surface area contributed by atoms with Crippen molar-refractivity contribution in [2.45, 2.75) is 26.8 Å². The van der Waals surface area contributed by atoms with Gasteiger partial charge in [0.05, 0.1) is 11.9 Å². The molecule has 1 amide bonds. The molecule has 0 saturated heterocycles. The van der Waals surface area contributed by atoms with Gasteiger partial charge in [0.25, 0.3) is 0 Å². The standard InChI is InChI=1S/C18H21ClN2O3S/c1-12-5-8-16(9-6-12)21(25(4,23)24)14(3)18(22)20-17-10-7-15(19)11-13(17)2/h5-11,14H,1-4H3,(H,20,22)/t14-/m0/s1. The third-order valence-electron chi connectivity index (χ3n) is 3.82. The Labute approximate surface area is 153 Å². The largest absolute Gasteiger partial charge is 0.324 e. The number of sulfonamides is 1. The summed E-state index contributed by atoms with van der Waals surface area (Å²) in [5.74, 6) is -0.420. The Morgan fingerprint density at radius 1 is 1.12 bits per heavy atom. The molecule has 25 heavy (non-hydrogen) atoms. The molecule has 0 bridgehead atoms. The number of hydrogen-bond donors (Lipinski definition) is 1. The Hall–Kier alpha value is -2.05. The minimum absolute atomic E-state index is 0.420. The molecule has 0 spiro atoms. The number of benzene rings is 2. The number of carbonyl (C=O) groups is 1. The van der Waals surface area contributed by atoms with Crippen molar-refractivity contribution in [2.75, 3.05) is 15.9 Å². The number of amides is 1. The lowest BCUT2D eigenvalue weighted by atomic mass is 10.2. The van der Waals surface area contributed by atoms with E-state index in [0.717, 1.165) is 21.7 Å². The van der Waals surface area contributed by atoms with E-state index in [-0.39, 0.29) is 0 Å². The van der Waals surface area contributed by atoms with Gasteiger partial charge in [0.1, 0.15) is 6.04 Å². The minimum Gasteiger partial charge on any atom is -0.324 e. The maximum atomic E-state index is 12.6. The Morgan fingerprint density at radius 3 is 2.24 bits per heavy atom. The molecule has 0 aliphatic heterocycles. The summed E-state index contributed by atoms with van der Waals surface area (Å²) in [6.07, 6.45) is 1.09. The molecule has 1 N–H and O–H groups in total. The second kappa shape index (κ2) is 7.45. The van der Waals surface area contributed by atoms with Gasteiger partial charge in [-0.15, -0.1) is 0 Å². The van der Waals surface area contributed by atoms with Gasteiger partial charge in [-0.2, -0.15) is 0 Å². The topological polar surface area (TPSA) is 66.5 Å². The molecule has 134 valence electrons. The van der Waals surface area contributed by atoms with Crippen molar-refractivity contribution in [3.05, 3.63) is 58.6 Å². The van der Waals surface area contributed by atoms with Crippen LogP contribution in [0.2, 0.25) is 5.02 Å². The molecule has 2 aromatic carbocycles.